The molecule has 1 aromatic carbocycles. The van der Waals surface area contributed by atoms with Crippen molar-refractivity contribution in [2.75, 3.05) is 7.05 Å². The number of fused-ring (bicyclic) bond motifs is 5. The summed E-state index contributed by atoms with van der Waals surface area (Å²) in [5.41, 5.74) is 4.15. The standard InChI is InChI=1S/C16H20N2O/c1-10-11-7-5-6-8-13(11)18-9-12-15(14(10)18)17(4)19-16(12,2)3/h5-8,12,15H,9H2,1-4H3/t12-,15+/m1/s1. The lowest BCUT2D eigenvalue weighted by molar-refractivity contribution is -0.181. The highest BCUT2D eigenvalue weighted by Crippen LogP contribution is 2.52. The van der Waals surface area contributed by atoms with Crippen molar-refractivity contribution in [1.82, 2.24) is 9.63 Å². The van der Waals surface area contributed by atoms with Crippen LogP contribution in [0.15, 0.2) is 24.3 Å². The van der Waals surface area contributed by atoms with Crippen LogP contribution in [-0.2, 0) is 11.4 Å². The second-order valence-corrected chi connectivity index (χ2v) is 6.43. The minimum Gasteiger partial charge on any atom is -0.342 e. The third-order valence-corrected chi connectivity index (χ3v) is 4.98. The van der Waals surface area contributed by atoms with Gasteiger partial charge in [-0.3, -0.25) is 4.84 Å². The van der Waals surface area contributed by atoms with Crippen molar-refractivity contribution in [2.24, 2.45) is 5.92 Å². The summed E-state index contributed by atoms with van der Waals surface area (Å²) in [7, 11) is 2.07. The lowest BCUT2D eigenvalue weighted by atomic mass is 9.86. The summed E-state index contributed by atoms with van der Waals surface area (Å²) < 4.78 is 2.50. The Labute approximate surface area is 113 Å². The normalized spacial score (nSPS) is 28.8. The smallest absolute Gasteiger partial charge is 0.0908 e. The molecule has 0 radical (unpaired) electrons. The minimum atomic E-state index is -0.0774. The first-order chi connectivity index (χ1) is 9.00. The number of nitrogens with zero attached hydrogens (tertiary/aromatic N) is 2. The number of hydrogen-bond acceptors (Lipinski definition) is 2. The zero-order chi connectivity index (χ0) is 13.4. The van der Waals surface area contributed by atoms with E-state index >= 15 is 0 Å². The van der Waals surface area contributed by atoms with Gasteiger partial charge in [-0.05, 0) is 32.4 Å². The molecule has 2 aliphatic heterocycles. The van der Waals surface area contributed by atoms with Crippen molar-refractivity contribution in [2.45, 2.75) is 39.0 Å². The van der Waals surface area contributed by atoms with Gasteiger partial charge in [0.05, 0.1) is 11.6 Å². The zero-order valence-electron chi connectivity index (χ0n) is 12.0. The van der Waals surface area contributed by atoms with Gasteiger partial charge < -0.3 is 4.57 Å². The van der Waals surface area contributed by atoms with E-state index < -0.39 is 0 Å². The molecule has 0 amide bonds. The molecular weight excluding hydrogens is 236 g/mol. The van der Waals surface area contributed by atoms with Gasteiger partial charge in [0.2, 0.25) is 0 Å². The molecule has 19 heavy (non-hydrogen) atoms. The predicted molar refractivity (Wildman–Crippen MR) is 75.8 cm³/mol. The Morgan fingerprint density at radius 3 is 2.79 bits per heavy atom. The molecule has 2 aliphatic rings. The van der Waals surface area contributed by atoms with Crippen molar-refractivity contribution in [3.8, 4) is 0 Å². The molecule has 3 heterocycles. The average molecular weight is 256 g/mol. The Kier molecular flexibility index (Phi) is 2.06. The third kappa shape index (κ3) is 1.30. The van der Waals surface area contributed by atoms with Gasteiger partial charge in [0.15, 0.2) is 0 Å². The fourth-order valence-electron chi connectivity index (χ4n) is 4.08. The summed E-state index contributed by atoms with van der Waals surface area (Å²) in [6, 6.07) is 9.12. The SMILES string of the molecule is Cc1c2n(c3ccccc13)C[C@@H]1[C@@H]2N(C)OC1(C)C. The van der Waals surface area contributed by atoms with E-state index in [1.165, 1.54) is 22.2 Å². The molecule has 1 fully saturated rings. The molecule has 0 aliphatic carbocycles. The van der Waals surface area contributed by atoms with Crippen LogP contribution in [0.3, 0.4) is 0 Å². The van der Waals surface area contributed by atoms with Crippen LogP contribution in [0.2, 0.25) is 0 Å². The molecule has 0 spiro atoms. The zero-order valence-corrected chi connectivity index (χ0v) is 12.0. The third-order valence-electron chi connectivity index (χ3n) is 4.98. The van der Waals surface area contributed by atoms with Gasteiger partial charge in [0.25, 0.3) is 0 Å². The van der Waals surface area contributed by atoms with Crippen LogP contribution in [0.1, 0.15) is 31.1 Å². The van der Waals surface area contributed by atoms with Crippen LogP contribution in [-0.4, -0.2) is 22.3 Å². The number of para-hydroxylation sites is 1. The van der Waals surface area contributed by atoms with Crippen LogP contribution in [0, 0.1) is 12.8 Å². The molecule has 3 nitrogen and oxygen atoms in total. The minimum absolute atomic E-state index is 0.0774. The lowest BCUT2D eigenvalue weighted by Crippen LogP contribution is -2.29. The van der Waals surface area contributed by atoms with Crippen LogP contribution >= 0.6 is 0 Å². The lowest BCUT2D eigenvalue weighted by Gasteiger charge is -2.23. The molecular formula is C16H20N2O. The van der Waals surface area contributed by atoms with Crippen LogP contribution in [0.4, 0.5) is 0 Å². The summed E-state index contributed by atoms with van der Waals surface area (Å²) in [5, 5.41) is 3.45. The van der Waals surface area contributed by atoms with Crippen LogP contribution in [0.25, 0.3) is 10.9 Å². The highest BCUT2D eigenvalue weighted by molar-refractivity contribution is 5.86. The summed E-state index contributed by atoms with van der Waals surface area (Å²) in [6.45, 7) is 7.72. The molecule has 0 saturated carbocycles. The number of rotatable bonds is 0. The van der Waals surface area contributed by atoms with Crippen molar-refractivity contribution in [3.63, 3.8) is 0 Å². The van der Waals surface area contributed by atoms with Gasteiger partial charge in [-0.1, -0.05) is 18.2 Å². The second kappa shape index (κ2) is 3.41. The maximum atomic E-state index is 6.04. The second-order valence-electron chi connectivity index (χ2n) is 6.43. The molecule has 1 saturated heterocycles. The van der Waals surface area contributed by atoms with E-state index in [1.54, 1.807) is 0 Å². The Hall–Kier alpha value is -1.32. The van der Waals surface area contributed by atoms with E-state index in [0.717, 1.165) is 6.54 Å². The maximum absolute atomic E-state index is 6.04. The van der Waals surface area contributed by atoms with E-state index in [9.17, 15) is 0 Å². The Balaban J connectivity index is 1.98. The van der Waals surface area contributed by atoms with Crippen LogP contribution < -0.4 is 0 Å². The topological polar surface area (TPSA) is 17.4 Å². The Morgan fingerprint density at radius 1 is 1.26 bits per heavy atom. The van der Waals surface area contributed by atoms with E-state index in [4.69, 9.17) is 4.84 Å². The molecule has 100 valence electrons. The first-order valence-corrected chi connectivity index (χ1v) is 7.00. The van der Waals surface area contributed by atoms with Gasteiger partial charge in [-0.2, -0.15) is 5.06 Å². The van der Waals surface area contributed by atoms with Gasteiger partial charge in [0.1, 0.15) is 0 Å². The molecule has 2 aromatic rings. The van der Waals surface area contributed by atoms with Gasteiger partial charge in [0, 0.05) is 36.1 Å². The highest BCUT2D eigenvalue weighted by Gasteiger charge is 2.53. The number of hydroxylamine groups is 2. The molecule has 0 N–H and O–H groups in total. The molecule has 3 heteroatoms. The summed E-state index contributed by atoms with van der Waals surface area (Å²) in [5.74, 6) is 0.538. The largest absolute Gasteiger partial charge is 0.342 e. The number of hydrogen-bond donors (Lipinski definition) is 0. The van der Waals surface area contributed by atoms with E-state index in [1.807, 2.05) is 0 Å². The monoisotopic (exact) mass is 256 g/mol. The predicted octanol–water partition coefficient (Wildman–Crippen LogP) is 3.28. The molecule has 2 atom stereocenters. The summed E-state index contributed by atoms with van der Waals surface area (Å²) >= 11 is 0. The van der Waals surface area contributed by atoms with Crippen molar-refractivity contribution in [1.29, 1.82) is 0 Å². The first kappa shape index (κ1) is 11.5. The Morgan fingerprint density at radius 2 is 2.00 bits per heavy atom. The molecule has 0 unspecified atom stereocenters. The first-order valence-electron chi connectivity index (χ1n) is 7.00. The fourth-order valence-corrected chi connectivity index (χ4v) is 4.08. The molecule has 4 rings (SSSR count). The van der Waals surface area contributed by atoms with E-state index in [0.29, 0.717) is 12.0 Å². The van der Waals surface area contributed by atoms with Crippen molar-refractivity contribution < 1.29 is 4.84 Å². The van der Waals surface area contributed by atoms with Gasteiger partial charge >= 0.3 is 0 Å². The average Bonchev–Trinajstić information content (AvgIpc) is 2.94. The Bertz CT molecular complexity index is 671. The van der Waals surface area contributed by atoms with Gasteiger partial charge in [-0.15, -0.1) is 0 Å². The summed E-state index contributed by atoms with van der Waals surface area (Å²) in [4.78, 5) is 6.04. The van der Waals surface area contributed by atoms with E-state index in [2.05, 4.69) is 61.7 Å². The fraction of sp³-hybridized carbons (Fsp3) is 0.500. The molecule has 1 aromatic heterocycles. The van der Waals surface area contributed by atoms with Crippen LogP contribution in [0.5, 0.6) is 0 Å². The quantitative estimate of drug-likeness (QED) is 0.719. The molecule has 0 bridgehead atoms. The summed E-state index contributed by atoms with van der Waals surface area (Å²) in [6.07, 6.45) is 0. The maximum Gasteiger partial charge on any atom is 0.0908 e. The number of aromatic nitrogens is 1. The number of benzene rings is 1. The van der Waals surface area contributed by atoms with Gasteiger partial charge in [-0.25, -0.2) is 0 Å². The number of aryl methyl sites for hydroxylation is 1. The highest BCUT2D eigenvalue weighted by atomic mass is 16.7. The van der Waals surface area contributed by atoms with Crippen molar-refractivity contribution in [3.05, 3.63) is 35.5 Å². The van der Waals surface area contributed by atoms with E-state index in [-0.39, 0.29) is 5.60 Å². The van der Waals surface area contributed by atoms with Crippen molar-refractivity contribution >= 4 is 10.9 Å².